The van der Waals surface area contributed by atoms with Crippen LogP contribution in [0.2, 0.25) is 0 Å². The molecule has 0 bridgehead atoms. The fourth-order valence-corrected chi connectivity index (χ4v) is 1.78. The van der Waals surface area contributed by atoms with Crippen molar-refractivity contribution in [3.63, 3.8) is 0 Å². The van der Waals surface area contributed by atoms with Gasteiger partial charge in [-0.3, -0.25) is 0 Å². The van der Waals surface area contributed by atoms with Crippen LogP contribution in [-0.2, 0) is 4.79 Å². The van der Waals surface area contributed by atoms with Crippen molar-refractivity contribution >= 4 is 5.97 Å². The van der Waals surface area contributed by atoms with E-state index in [0.717, 1.165) is 31.8 Å². The lowest BCUT2D eigenvalue weighted by Gasteiger charge is -2.27. The zero-order chi connectivity index (χ0) is 10.4. The Balaban J connectivity index is 2.19. The molecule has 0 aromatic rings. The summed E-state index contributed by atoms with van der Waals surface area (Å²) >= 11 is 0. The third-order valence-electron chi connectivity index (χ3n) is 2.59. The second-order valence-corrected chi connectivity index (χ2v) is 3.69. The van der Waals surface area contributed by atoms with Crippen LogP contribution in [0.5, 0.6) is 0 Å². The number of carboxylic acids is 1. The molecule has 4 nitrogen and oxygen atoms in total. The molecule has 0 aromatic heterocycles. The van der Waals surface area contributed by atoms with E-state index in [9.17, 15) is 9.90 Å². The number of nitrogens with one attached hydrogen (secondary N) is 1. The van der Waals surface area contributed by atoms with Crippen molar-refractivity contribution < 1.29 is 15.0 Å². The molecule has 0 heterocycles. The van der Waals surface area contributed by atoms with Crippen molar-refractivity contribution in [2.75, 3.05) is 6.54 Å². The summed E-state index contributed by atoms with van der Waals surface area (Å²) in [4.78, 5) is 10.1. The fourth-order valence-electron chi connectivity index (χ4n) is 1.78. The highest BCUT2D eigenvalue weighted by Gasteiger charge is 2.21. The van der Waals surface area contributed by atoms with Gasteiger partial charge < -0.3 is 15.5 Å². The van der Waals surface area contributed by atoms with Crippen molar-refractivity contribution in [1.82, 2.24) is 5.32 Å². The lowest BCUT2D eigenvalue weighted by atomic mass is 9.86. The highest BCUT2D eigenvalue weighted by molar-refractivity contribution is 5.79. The van der Waals surface area contributed by atoms with Crippen LogP contribution in [0.15, 0.2) is 12.3 Å². The largest absolute Gasteiger partial charge is 0.478 e. The zero-order valence-electron chi connectivity index (χ0n) is 8.15. The number of aliphatic carboxylic acids is 1. The van der Waals surface area contributed by atoms with E-state index in [-0.39, 0.29) is 12.0 Å². The van der Waals surface area contributed by atoms with E-state index in [4.69, 9.17) is 5.11 Å². The Labute approximate surface area is 83.6 Å². The smallest absolute Gasteiger partial charge is 0.329 e. The van der Waals surface area contributed by atoms with Crippen LogP contribution >= 0.6 is 0 Å². The first-order valence-electron chi connectivity index (χ1n) is 5.01. The van der Waals surface area contributed by atoms with Gasteiger partial charge in [0.05, 0.1) is 6.10 Å². The van der Waals surface area contributed by atoms with Crippen LogP contribution in [-0.4, -0.2) is 28.8 Å². The van der Waals surface area contributed by atoms with Crippen molar-refractivity contribution in [3.8, 4) is 0 Å². The van der Waals surface area contributed by atoms with Crippen molar-refractivity contribution in [2.45, 2.75) is 31.8 Å². The molecule has 3 N–H and O–H groups in total. The van der Waals surface area contributed by atoms with E-state index in [2.05, 4.69) is 5.32 Å². The van der Waals surface area contributed by atoms with Gasteiger partial charge in [-0.2, -0.15) is 0 Å². The Bertz CT molecular complexity index is 215. The fraction of sp³-hybridized carbons (Fsp3) is 0.700. The molecule has 80 valence electrons. The number of aliphatic hydroxyl groups excluding tert-OH is 1. The second-order valence-electron chi connectivity index (χ2n) is 3.69. The Kier molecular flexibility index (Phi) is 4.46. The summed E-state index contributed by atoms with van der Waals surface area (Å²) in [6.45, 7) is 0.658. The van der Waals surface area contributed by atoms with Crippen LogP contribution in [0, 0.1) is 5.92 Å². The molecule has 0 spiro atoms. The van der Waals surface area contributed by atoms with Gasteiger partial charge in [0.2, 0.25) is 0 Å². The minimum Gasteiger partial charge on any atom is -0.478 e. The van der Waals surface area contributed by atoms with Crippen LogP contribution in [0.1, 0.15) is 25.7 Å². The molecule has 2 unspecified atom stereocenters. The van der Waals surface area contributed by atoms with Crippen LogP contribution in [0.4, 0.5) is 0 Å². The maximum absolute atomic E-state index is 10.1. The molecular formula is C10H17NO3. The lowest BCUT2D eigenvalue weighted by Crippen LogP contribution is -2.32. The third kappa shape index (κ3) is 3.79. The zero-order valence-corrected chi connectivity index (χ0v) is 8.15. The molecule has 0 amide bonds. The van der Waals surface area contributed by atoms with Crippen molar-refractivity contribution in [1.29, 1.82) is 0 Å². The molecule has 1 fully saturated rings. The second kappa shape index (κ2) is 5.65. The SMILES string of the molecule is O=C(O)/C=C/NCC1CCCCC1O. The first kappa shape index (κ1) is 11.0. The molecule has 4 heteroatoms. The molecule has 14 heavy (non-hydrogen) atoms. The molecule has 2 atom stereocenters. The van der Waals surface area contributed by atoms with Gasteiger partial charge in [-0.1, -0.05) is 12.8 Å². The summed E-state index contributed by atoms with van der Waals surface area (Å²) < 4.78 is 0. The average Bonchev–Trinajstić information content (AvgIpc) is 2.15. The molecule has 0 aromatic carbocycles. The summed E-state index contributed by atoms with van der Waals surface area (Å²) in [5, 5.41) is 20.8. The Hall–Kier alpha value is -1.03. The van der Waals surface area contributed by atoms with E-state index < -0.39 is 5.97 Å². The molecule has 1 aliphatic rings. The minimum absolute atomic E-state index is 0.227. The quantitative estimate of drug-likeness (QED) is 0.584. The minimum atomic E-state index is -0.957. The van der Waals surface area contributed by atoms with Gasteiger partial charge in [-0.05, 0) is 12.8 Å². The van der Waals surface area contributed by atoms with Crippen LogP contribution in [0.3, 0.4) is 0 Å². The summed E-state index contributed by atoms with van der Waals surface area (Å²) in [5.74, 6) is -0.691. The predicted molar refractivity (Wildman–Crippen MR) is 52.7 cm³/mol. The topological polar surface area (TPSA) is 69.6 Å². The first-order chi connectivity index (χ1) is 6.70. The van der Waals surface area contributed by atoms with Crippen molar-refractivity contribution in [3.05, 3.63) is 12.3 Å². The molecule has 1 rings (SSSR count). The van der Waals surface area contributed by atoms with Gasteiger partial charge in [0, 0.05) is 24.7 Å². The normalized spacial score (nSPS) is 27.8. The van der Waals surface area contributed by atoms with E-state index in [1.165, 1.54) is 6.20 Å². The van der Waals surface area contributed by atoms with Gasteiger partial charge in [-0.15, -0.1) is 0 Å². The van der Waals surface area contributed by atoms with Gasteiger partial charge in [-0.25, -0.2) is 4.79 Å². The Morgan fingerprint density at radius 3 is 2.79 bits per heavy atom. The van der Waals surface area contributed by atoms with E-state index in [1.807, 2.05) is 0 Å². The first-order valence-corrected chi connectivity index (χ1v) is 5.01. The van der Waals surface area contributed by atoms with E-state index >= 15 is 0 Å². The summed E-state index contributed by atoms with van der Waals surface area (Å²) in [6, 6.07) is 0. The number of rotatable bonds is 4. The standard InChI is InChI=1S/C10H17NO3/c12-9-4-2-1-3-8(9)7-11-6-5-10(13)14/h5-6,8-9,11-12H,1-4,7H2,(H,13,14)/b6-5+. The van der Waals surface area contributed by atoms with Crippen LogP contribution in [0.25, 0.3) is 0 Å². The maximum atomic E-state index is 10.1. The Morgan fingerprint density at radius 1 is 1.43 bits per heavy atom. The molecule has 0 saturated heterocycles. The van der Waals surface area contributed by atoms with Gasteiger partial charge >= 0.3 is 5.97 Å². The van der Waals surface area contributed by atoms with Crippen molar-refractivity contribution in [2.24, 2.45) is 5.92 Å². The van der Waals surface area contributed by atoms with E-state index in [0.29, 0.717) is 6.54 Å². The summed E-state index contributed by atoms with van der Waals surface area (Å²) in [7, 11) is 0. The van der Waals surface area contributed by atoms with Gasteiger partial charge in [0.25, 0.3) is 0 Å². The maximum Gasteiger partial charge on any atom is 0.329 e. The summed E-state index contributed by atoms with van der Waals surface area (Å²) in [5.41, 5.74) is 0. The highest BCUT2D eigenvalue weighted by atomic mass is 16.4. The number of hydrogen-bond acceptors (Lipinski definition) is 3. The van der Waals surface area contributed by atoms with E-state index in [1.54, 1.807) is 0 Å². The predicted octanol–water partition coefficient (Wildman–Crippen LogP) is 0.725. The van der Waals surface area contributed by atoms with Gasteiger partial charge in [0.15, 0.2) is 0 Å². The Morgan fingerprint density at radius 2 is 2.14 bits per heavy atom. The average molecular weight is 199 g/mol. The number of carbonyl (C=O) groups is 1. The third-order valence-corrected chi connectivity index (χ3v) is 2.59. The van der Waals surface area contributed by atoms with Crippen LogP contribution < -0.4 is 5.32 Å². The molecule has 0 radical (unpaired) electrons. The molecular weight excluding hydrogens is 182 g/mol. The number of aliphatic hydroxyl groups is 1. The monoisotopic (exact) mass is 199 g/mol. The van der Waals surface area contributed by atoms with Gasteiger partial charge in [0.1, 0.15) is 0 Å². The molecule has 1 aliphatic carbocycles. The number of hydrogen-bond donors (Lipinski definition) is 3. The highest BCUT2D eigenvalue weighted by Crippen LogP contribution is 2.23. The molecule has 0 aliphatic heterocycles. The lowest BCUT2D eigenvalue weighted by molar-refractivity contribution is -0.131. The number of carboxylic acid groups (broad SMARTS) is 1. The summed E-state index contributed by atoms with van der Waals surface area (Å²) in [6.07, 6.45) is 6.41. The molecule has 1 saturated carbocycles.